The number of carbonyl (C=O) groups excluding carboxylic acids is 2. The third-order valence-electron chi connectivity index (χ3n) is 4.52. The normalized spacial score (nSPS) is 19.5. The molecule has 22 heavy (non-hydrogen) atoms. The zero-order valence-corrected chi connectivity index (χ0v) is 13.8. The highest BCUT2D eigenvalue weighted by molar-refractivity contribution is 6.04. The lowest BCUT2D eigenvalue weighted by Crippen LogP contribution is -2.52. The molecule has 0 atom stereocenters. The second kappa shape index (κ2) is 7.77. The van der Waals surface area contributed by atoms with Gasteiger partial charge in [-0.05, 0) is 46.0 Å². The number of hydrogen-bond donors (Lipinski definition) is 1. The molecule has 5 nitrogen and oxygen atoms in total. The van der Waals surface area contributed by atoms with E-state index >= 15 is 0 Å². The van der Waals surface area contributed by atoms with Gasteiger partial charge in [0.2, 0.25) is 11.8 Å². The van der Waals surface area contributed by atoms with Crippen LogP contribution in [0, 0.1) is 5.41 Å². The molecule has 1 aliphatic heterocycles. The molecule has 1 heterocycles. The highest BCUT2D eigenvalue weighted by atomic mass is 16.5. The first-order valence-electron chi connectivity index (χ1n) is 8.35. The molecule has 1 fully saturated rings. The minimum Gasteiger partial charge on any atom is -0.378 e. The largest absolute Gasteiger partial charge is 0.378 e. The zero-order chi connectivity index (χ0) is 16.0. The molecule has 0 unspecified atom stereocenters. The van der Waals surface area contributed by atoms with Gasteiger partial charge in [0.25, 0.3) is 0 Å². The zero-order valence-electron chi connectivity index (χ0n) is 13.8. The molecule has 2 aliphatic rings. The minimum absolute atomic E-state index is 0.106. The summed E-state index contributed by atoms with van der Waals surface area (Å²) in [4.78, 5) is 26.6. The number of nitrogens with zero attached hydrogens (tertiary/aromatic N) is 1. The van der Waals surface area contributed by atoms with Gasteiger partial charge in [0.05, 0.1) is 13.2 Å². The van der Waals surface area contributed by atoms with Crippen LogP contribution in [0.4, 0.5) is 0 Å². The van der Waals surface area contributed by atoms with Gasteiger partial charge in [0.15, 0.2) is 0 Å². The first-order valence-corrected chi connectivity index (χ1v) is 8.35. The summed E-state index contributed by atoms with van der Waals surface area (Å²) in [7, 11) is 0. The van der Waals surface area contributed by atoms with E-state index in [-0.39, 0.29) is 11.8 Å². The van der Waals surface area contributed by atoms with Gasteiger partial charge in [-0.15, -0.1) is 0 Å². The Labute approximate surface area is 133 Å². The lowest BCUT2D eigenvalue weighted by atomic mass is 9.90. The molecule has 0 radical (unpaired) electrons. The van der Waals surface area contributed by atoms with Crippen LogP contribution >= 0.6 is 0 Å². The highest BCUT2D eigenvalue weighted by Crippen LogP contribution is 2.22. The van der Waals surface area contributed by atoms with Gasteiger partial charge in [0, 0.05) is 19.6 Å². The van der Waals surface area contributed by atoms with Crippen molar-refractivity contribution in [2.75, 3.05) is 32.8 Å². The van der Waals surface area contributed by atoms with Gasteiger partial charge in [-0.3, -0.25) is 9.59 Å². The van der Waals surface area contributed by atoms with Crippen LogP contribution in [0.25, 0.3) is 0 Å². The third-order valence-corrected chi connectivity index (χ3v) is 4.52. The quantitative estimate of drug-likeness (QED) is 0.623. The Hall–Kier alpha value is -1.36. The van der Waals surface area contributed by atoms with Gasteiger partial charge in [0.1, 0.15) is 5.41 Å². The average molecular weight is 308 g/mol. The summed E-state index contributed by atoms with van der Waals surface area (Å²) in [6, 6.07) is 0. The van der Waals surface area contributed by atoms with E-state index in [1.54, 1.807) is 18.7 Å². The summed E-state index contributed by atoms with van der Waals surface area (Å²) in [6.07, 6.45) is 8.02. The maximum absolute atomic E-state index is 12.5. The molecule has 2 amide bonds. The Morgan fingerprint density at radius 1 is 1.27 bits per heavy atom. The Morgan fingerprint density at radius 2 is 2.00 bits per heavy atom. The van der Waals surface area contributed by atoms with Crippen molar-refractivity contribution in [2.24, 2.45) is 5.41 Å². The fourth-order valence-corrected chi connectivity index (χ4v) is 2.95. The first-order chi connectivity index (χ1) is 10.5. The van der Waals surface area contributed by atoms with Crippen molar-refractivity contribution in [3.63, 3.8) is 0 Å². The molecule has 0 aromatic carbocycles. The number of nitrogens with one attached hydrogen (secondary N) is 1. The van der Waals surface area contributed by atoms with E-state index in [1.807, 2.05) is 0 Å². The fraction of sp³-hybridized carbons (Fsp3) is 0.765. The molecule has 1 aliphatic carbocycles. The van der Waals surface area contributed by atoms with Crippen LogP contribution in [0.3, 0.4) is 0 Å². The lowest BCUT2D eigenvalue weighted by Gasteiger charge is -2.33. The van der Waals surface area contributed by atoms with E-state index < -0.39 is 5.41 Å². The summed E-state index contributed by atoms with van der Waals surface area (Å²) < 4.78 is 5.25. The number of morpholine rings is 1. The van der Waals surface area contributed by atoms with Crippen LogP contribution in [0.15, 0.2) is 11.6 Å². The minimum atomic E-state index is -1.02. The summed E-state index contributed by atoms with van der Waals surface area (Å²) >= 11 is 0. The summed E-state index contributed by atoms with van der Waals surface area (Å²) in [5.74, 6) is -0.286. The monoisotopic (exact) mass is 308 g/mol. The van der Waals surface area contributed by atoms with Crippen molar-refractivity contribution in [1.29, 1.82) is 0 Å². The Kier molecular flexibility index (Phi) is 6.00. The Balaban J connectivity index is 1.81. The van der Waals surface area contributed by atoms with E-state index in [1.165, 1.54) is 18.4 Å². The molecule has 0 saturated carbocycles. The molecule has 124 valence electrons. The number of amides is 2. The van der Waals surface area contributed by atoms with Crippen molar-refractivity contribution in [1.82, 2.24) is 10.2 Å². The number of hydrogen-bond acceptors (Lipinski definition) is 3. The molecule has 1 saturated heterocycles. The van der Waals surface area contributed by atoms with Gasteiger partial charge in [-0.1, -0.05) is 11.6 Å². The fourth-order valence-electron chi connectivity index (χ4n) is 2.95. The average Bonchev–Trinajstić information content (AvgIpc) is 2.55. The van der Waals surface area contributed by atoms with Crippen LogP contribution in [-0.2, 0) is 14.3 Å². The molecule has 1 N–H and O–H groups in total. The molecule has 0 aromatic heterocycles. The van der Waals surface area contributed by atoms with Crippen molar-refractivity contribution >= 4 is 11.8 Å². The van der Waals surface area contributed by atoms with E-state index in [2.05, 4.69) is 11.4 Å². The van der Waals surface area contributed by atoms with Gasteiger partial charge >= 0.3 is 0 Å². The maximum Gasteiger partial charge on any atom is 0.237 e. The van der Waals surface area contributed by atoms with Crippen LogP contribution in [0.1, 0.15) is 46.0 Å². The smallest absolute Gasteiger partial charge is 0.237 e. The standard InChI is InChI=1S/C17H28N2O3/c1-17(2,16(21)19-10-12-22-13-11-19)15(20)18-9-8-14-6-4-3-5-7-14/h6H,3-5,7-13H2,1-2H3,(H,18,20). The number of allylic oxidation sites excluding steroid dienone is 1. The summed E-state index contributed by atoms with van der Waals surface area (Å²) in [6.45, 7) is 6.28. The number of rotatable bonds is 5. The van der Waals surface area contributed by atoms with Crippen molar-refractivity contribution < 1.29 is 14.3 Å². The van der Waals surface area contributed by atoms with Crippen LogP contribution in [0.2, 0.25) is 0 Å². The van der Waals surface area contributed by atoms with Crippen molar-refractivity contribution in [3.8, 4) is 0 Å². The van der Waals surface area contributed by atoms with E-state index in [4.69, 9.17) is 4.74 Å². The topological polar surface area (TPSA) is 58.6 Å². The van der Waals surface area contributed by atoms with E-state index in [0.717, 1.165) is 19.3 Å². The lowest BCUT2D eigenvalue weighted by molar-refractivity contribution is -0.151. The second-order valence-corrected chi connectivity index (χ2v) is 6.64. The molecule has 5 heteroatoms. The van der Waals surface area contributed by atoms with Crippen LogP contribution in [0.5, 0.6) is 0 Å². The predicted molar refractivity (Wildman–Crippen MR) is 85.4 cm³/mol. The molecular weight excluding hydrogens is 280 g/mol. The van der Waals surface area contributed by atoms with Gasteiger partial charge in [-0.25, -0.2) is 0 Å². The van der Waals surface area contributed by atoms with E-state index in [0.29, 0.717) is 32.8 Å². The van der Waals surface area contributed by atoms with Crippen molar-refractivity contribution in [2.45, 2.75) is 46.0 Å². The van der Waals surface area contributed by atoms with Crippen LogP contribution < -0.4 is 5.32 Å². The molecule has 0 aromatic rings. The predicted octanol–water partition coefficient (Wildman–Crippen LogP) is 1.88. The van der Waals surface area contributed by atoms with Gasteiger partial charge < -0.3 is 15.0 Å². The number of carbonyl (C=O) groups is 2. The Bertz CT molecular complexity index is 437. The first kappa shape index (κ1) is 17.0. The van der Waals surface area contributed by atoms with E-state index in [9.17, 15) is 9.59 Å². The molecule has 0 spiro atoms. The molecule has 2 rings (SSSR count). The molecule has 0 bridgehead atoms. The third kappa shape index (κ3) is 4.32. The Morgan fingerprint density at radius 3 is 2.64 bits per heavy atom. The summed E-state index contributed by atoms with van der Waals surface area (Å²) in [5, 5.41) is 2.93. The van der Waals surface area contributed by atoms with Crippen LogP contribution in [-0.4, -0.2) is 49.6 Å². The van der Waals surface area contributed by atoms with Gasteiger partial charge in [-0.2, -0.15) is 0 Å². The second-order valence-electron chi connectivity index (χ2n) is 6.64. The van der Waals surface area contributed by atoms with Crippen molar-refractivity contribution in [3.05, 3.63) is 11.6 Å². The molecular formula is C17H28N2O3. The SMILES string of the molecule is CC(C)(C(=O)NCCC1=CCCCC1)C(=O)N1CCOCC1. The maximum atomic E-state index is 12.5. The highest BCUT2D eigenvalue weighted by Gasteiger charge is 2.39. The number of ether oxygens (including phenoxy) is 1. The summed E-state index contributed by atoms with van der Waals surface area (Å²) in [5.41, 5.74) is 0.419.